The number of hydrogen-bond acceptors (Lipinski definition) is 9. The molecule has 4 rings (SSSR count). The highest BCUT2D eigenvalue weighted by molar-refractivity contribution is 7.99. The minimum absolute atomic E-state index is 0.0791. The van der Waals surface area contributed by atoms with E-state index in [1.807, 2.05) is 30.3 Å². The largest absolute Gasteiger partial charge is 0.497 e. The van der Waals surface area contributed by atoms with Crippen molar-refractivity contribution in [1.82, 2.24) is 20.2 Å². The number of aromatic nitrogens is 2. The Bertz CT molecular complexity index is 1240. The molecule has 9 nitrogen and oxygen atoms in total. The first-order valence-electron chi connectivity index (χ1n) is 13.5. The first-order valence-corrected chi connectivity index (χ1v) is 14.3. The second-order valence-corrected chi connectivity index (χ2v) is 11.0. The first-order chi connectivity index (χ1) is 19.4. The molecule has 0 spiro atoms. The Balaban J connectivity index is 1.52. The van der Waals surface area contributed by atoms with Crippen molar-refractivity contribution in [2.24, 2.45) is 5.92 Å². The van der Waals surface area contributed by atoms with Gasteiger partial charge in [0.05, 0.1) is 20.3 Å². The van der Waals surface area contributed by atoms with Crippen LogP contribution in [0.25, 0.3) is 0 Å². The Kier molecular flexibility index (Phi) is 11.0. The summed E-state index contributed by atoms with van der Waals surface area (Å²) in [5, 5.41) is 10.2. The highest BCUT2D eigenvalue weighted by Crippen LogP contribution is 2.30. The standard InChI is InChI=1S/C29H37FN6O3S/c1-20(2)17-25(28(37)31-11-12-36-13-15-39-16-14-36)33-26-19-27(40-24-9-7-23(38-3)8-10-24)35-29(34-26)32-22-6-4-5-21(30)18-22/h4-10,18-20,25H,11-17H2,1-3H3,(H,31,37)(H2,32,33,34,35)/t25-/m0/s1. The average molecular weight is 569 g/mol. The average Bonchev–Trinajstić information content (AvgIpc) is 2.93. The molecular formula is C29H37FN6O3S. The van der Waals surface area contributed by atoms with Crippen LogP contribution in [0.1, 0.15) is 20.3 Å². The van der Waals surface area contributed by atoms with Gasteiger partial charge in [-0.3, -0.25) is 9.69 Å². The zero-order valence-corrected chi connectivity index (χ0v) is 24.0. The van der Waals surface area contributed by atoms with E-state index in [0.717, 1.165) is 43.5 Å². The third-order valence-corrected chi connectivity index (χ3v) is 7.17. The fourth-order valence-corrected chi connectivity index (χ4v) is 5.05. The van der Waals surface area contributed by atoms with Crippen LogP contribution in [0.15, 0.2) is 64.5 Å². The van der Waals surface area contributed by atoms with Crippen LogP contribution in [0, 0.1) is 11.7 Å². The molecule has 3 N–H and O–H groups in total. The molecule has 1 amide bonds. The molecular weight excluding hydrogens is 531 g/mol. The van der Waals surface area contributed by atoms with E-state index >= 15 is 0 Å². The molecule has 1 saturated heterocycles. The van der Waals surface area contributed by atoms with Crippen molar-refractivity contribution in [3.8, 4) is 5.75 Å². The molecule has 11 heteroatoms. The van der Waals surface area contributed by atoms with Gasteiger partial charge in [0, 0.05) is 42.8 Å². The van der Waals surface area contributed by atoms with E-state index < -0.39 is 6.04 Å². The Hall–Kier alpha value is -3.41. The van der Waals surface area contributed by atoms with Crippen molar-refractivity contribution < 1.29 is 18.7 Å². The van der Waals surface area contributed by atoms with Crippen molar-refractivity contribution in [2.75, 3.05) is 57.1 Å². The van der Waals surface area contributed by atoms with Gasteiger partial charge in [-0.2, -0.15) is 4.98 Å². The molecule has 214 valence electrons. The van der Waals surface area contributed by atoms with E-state index in [1.165, 1.54) is 23.9 Å². The Labute approximate surface area is 239 Å². The number of benzene rings is 2. The second kappa shape index (κ2) is 14.8. The van der Waals surface area contributed by atoms with Gasteiger partial charge in [-0.15, -0.1) is 0 Å². The Morgan fingerprint density at radius 3 is 2.60 bits per heavy atom. The number of amides is 1. The maximum absolute atomic E-state index is 13.8. The number of nitrogens with zero attached hydrogens (tertiary/aromatic N) is 3. The number of ether oxygens (including phenoxy) is 2. The maximum Gasteiger partial charge on any atom is 0.242 e. The van der Waals surface area contributed by atoms with Crippen molar-refractivity contribution in [3.05, 3.63) is 60.4 Å². The number of halogens is 1. The summed E-state index contributed by atoms with van der Waals surface area (Å²) < 4.78 is 24.5. The SMILES string of the molecule is COc1ccc(Sc2cc(N[C@@H](CC(C)C)C(=O)NCCN3CCOCC3)nc(Nc3cccc(F)c3)n2)cc1. The van der Waals surface area contributed by atoms with Crippen LogP contribution in [-0.4, -0.2) is 73.3 Å². The molecule has 40 heavy (non-hydrogen) atoms. The Morgan fingerprint density at radius 2 is 1.90 bits per heavy atom. The summed E-state index contributed by atoms with van der Waals surface area (Å²) in [6, 6.07) is 15.1. The number of rotatable bonds is 13. The van der Waals surface area contributed by atoms with Gasteiger partial charge in [-0.25, -0.2) is 9.37 Å². The van der Waals surface area contributed by atoms with Crippen LogP contribution in [0.3, 0.4) is 0 Å². The third kappa shape index (κ3) is 9.35. The highest BCUT2D eigenvalue weighted by Gasteiger charge is 2.21. The molecule has 2 heterocycles. The second-order valence-electron chi connectivity index (χ2n) is 9.90. The smallest absolute Gasteiger partial charge is 0.242 e. The molecule has 0 saturated carbocycles. The monoisotopic (exact) mass is 568 g/mol. The lowest BCUT2D eigenvalue weighted by Gasteiger charge is -2.27. The maximum atomic E-state index is 13.8. The fraction of sp³-hybridized carbons (Fsp3) is 0.414. The quantitative estimate of drug-likeness (QED) is 0.251. The lowest BCUT2D eigenvalue weighted by Crippen LogP contribution is -2.45. The number of nitrogens with one attached hydrogen (secondary N) is 3. The molecule has 1 atom stereocenters. The molecule has 3 aromatic rings. The number of carbonyl (C=O) groups excluding carboxylic acids is 1. The highest BCUT2D eigenvalue weighted by atomic mass is 32.2. The van der Waals surface area contributed by atoms with Gasteiger partial charge in [-0.05, 0) is 54.8 Å². The van der Waals surface area contributed by atoms with E-state index in [-0.39, 0.29) is 17.6 Å². The van der Waals surface area contributed by atoms with Crippen LogP contribution >= 0.6 is 11.8 Å². The molecule has 0 radical (unpaired) electrons. The van der Waals surface area contributed by atoms with Crippen molar-refractivity contribution in [3.63, 3.8) is 0 Å². The minimum Gasteiger partial charge on any atom is -0.497 e. The lowest BCUT2D eigenvalue weighted by molar-refractivity contribution is -0.122. The lowest BCUT2D eigenvalue weighted by atomic mass is 10.0. The first kappa shape index (κ1) is 29.6. The summed E-state index contributed by atoms with van der Waals surface area (Å²) in [5.41, 5.74) is 0.525. The van der Waals surface area contributed by atoms with Crippen molar-refractivity contribution in [2.45, 2.75) is 36.2 Å². The molecule has 1 aromatic heterocycles. The van der Waals surface area contributed by atoms with Gasteiger partial charge in [0.25, 0.3) is 0 Å². The molecule has 2 aromatic carbocycles. The molecule has 1 fully saturated rings. The van der Waals surface area contributed by atoms with Crippen LogP contribution < -0.4 is 20.7 Å². The van der Waals surface area contributed by atoms with E-state index in [1.54, 1.807) is 19.2 Å². The van der Waals surface area contributed by atoms with Gasteiger partial charge in [0.1, 0.15) is 28.5 Å². The van der Waals surface area contributed by atoms with Crippen molar-refractivity contribution >= 4 is 35.1 Å². The van der Waals surface area contributed by atoms with Crippen LogP contribution in [0.5, 0.6) is 5.75 Å². The van der Waals surface area contributed by atoms with Crippen LogP contribution in [0.2, 0.25) is 0 Å². The summed E-state index contributed by atoms with van der Waals surface area (Å²) >= 11 is 1.45. The number of carbonyl (C=O) groups is 1. The predicted molar refractivity (Wildman–Crippen MR) is 156 cm³/mol. The fourth-order valence-electron chi connectivity index (χ4n) is 4.23. The zero-order chi connectivity index (χ0) is 28.3. The zero-order valence-electron chi connectivity index (χ0n) is 23.2. The van der Waals surface area contributed by atoms with Gasteiger partial charge >= 0.3 is 0 Å². The van der Waals surface area contributed by atoms with Gasteiger partial charge in [0.15, 0.2) is 0 Å². The minimum atomic E-state index is -0.486. The normalized spacial score (nSPS) is 14.5. The number of hydrogen-bond donors (Lipinski definition) is 3. The topological polar surface area (TPSA) is 101 Å². The predicted octanol–water partition coefficient (Wildman–Crippen LogP) is 4.79. The summed E-state index contributed by atoms with van der Waals surface area (Å²) in [5.74, 6) is 1.39. The molecule has 0 bridgehead atoms. The summed E-state index contributed by atoms with van der Waals surface area (Å²) in [4.78, 5) is 25.7. The van der Waals surface area contributed by atoms with Crippen molar-refractivity contribution in [1.29, 1.82) is 0 Å². The number of morpholine rings is 1. The van der Waals surface area contributed by atoms with E-state index in [9.17, 15) is 9.18 Å². The van der Waals surface area contributed by atoms with Gasteiger partial charge in [-0.1, -0.05) is 31.7 Å². The number of anilines is 3. The van der Waals surface area contributed by atoms with Crippen LogP contribution in [0.4, 0.5) is 21.8 Å². The van der Waals surface area contributed by atoms with Gasteiger partial charge in [0.2, 0.25) is 11.9 Å². The van der Waals surface area contributed by atoms with E-state index in [2.05, 4.69) is 44.7 Å². The molecule has 0 unspecified atom stereocenters. The Morgan fingerprint density at radius 1 is 1.12 bits per heavy atom. The number of methoxy groups -OCH3 is 1. The van der Waals surface area contributed by atoms with Crippen LogP contribution in [-0.2, 0) is 9.53 Å². The van der Waals surface area contributed by atoms with E-state index in [0.29, 0.717) is 35.4 Å². The molecule has 0 aliphatic carbocycles. The molecule has 1 aliphatic heterocycles. The summed E-state index contributed by atoms with van der Waals surface area (Å²) in [6.45, 7) is 8.70. The van der Waals surface area contributed by atoms with Gasteiger partial charge < -0.3 is 25.4 Å². The molecule has 1 aliphatic rings. The summed E-state index contributed by atoms with van der Waals surface area (Å²) in [7, 11) is 1.63. The van der Waals surface area contributed by atoms with E-state index in [4.69, 9.17) is 9.47 Å². The summed E-state index contributed by atoms with van der Waals surface area (Å²) in [6.07, 6.45) is 0.626. The third-order valence-electron chi connectivity index (χ3n) is 6.24.